The van der Waals surface area contributed by atoms with Gasteiger partial charge in [0.1, 0.15) is 11.6 Å². The molecular weight excluding hydrogens is 340 g/mol. The van der Waals surface area contributed by atoms with E-state index in [2.05, 4.69) is 44.5 Å². The van der Waals surface area contributed by atoms with Crippen molar-refractivity contribution in [1.82, 2.24) is 14.9 Å². The van der Waals surface area contributed by atoms with Crippen molar-refractivity contribution in [1.29, 1.82) is 0 Å². The van der Waals surface area contributed by atoms with Gasteiger partial charge in [-0.3, -0.25) is 4.79 Å². The van der Waals surface area contributed by atoms with Gasteiger partial charge in [0.2, 0.25) is 11.9 Å². The molecule has 142 valence electrons. The van der Waals surface area contributed by atoms with Crippen LogP contribution in [-0.4, -0.2) is 47.0 Å². The third kappa shape index (κ3) is 4.13. The van der Waals surface area contributed by atoms with E-state index in [1.54, 1.807) is 0 Å². The summed E-state index contributed by atoms with van der Waals surface area (Å²) < 4.78 is 0. The van der Waals surface area contributed by atoms with E-state index in [-0.39, 0.29) is 11.9 Å². The molecular formula is C20H26N6O. The number of rotatable bonds is 6. The smallest absolute Gasteiger partial charge is 0.223 e. The van der Waals surface area contributed by atoms with Crippen LogP contribution in [0.3, 0.4) is 0 Å². The zero-order chi connectivity index (χ0) is 18.6. The molecule has 0 saturated carbocycles. The Kier molecular flexibility index (Phi) is 5.09. The number of nitrogens with zero attached hydrogens (tertiary/aromatic N) is 4. The summed E-state index contributed by atoms with van der Waals surface area (Å²) in [7, 11) is 0. The first-order chi connectivity index (χ1) is 13.2. The van der Waals surface area contributed by atoms with Crippen LogP contribution in [0.2, 0.25) is 0 Å². The van der Waals surface area contributed by atoms with Crippen molar-refractivity contribution in [2.24, 2.45) is 0 Å². The average Bonchev–Trinajstić information content (AvgIpc) is 3.09. The Hall–Kier alpha value is -2.83. The van der Waals surface area contributed by atoms with Gasteiger partial charge in [0.25, 0.3) is 0 Å². The van der Waals surface area contributed by atoms with Crippen molar-refractivity contribution in [3.05, 3.63) is 41.5 Å². The van der Waals surface area contributed by atoms with Crippen LogP contribution in [0.5, 0.6) is 0 Å². The molecule has 0 bridgehead atoms. The van der Waals surface area contributed by atoms with Gasteiger partial charge in [0.15, 0.2) is 0 Å². The number of aromatic nitrogens is 2. The van der Waals surface area contributed by atoms with E-state index in [1.165, 1.54) is 11.1 Å². The zero-order valence-corrected chi connectivity index (χ0v) is 15.5. The maximum atomic E-state index is 11.7. The lowest BCUT2D eigenvalue weighted by atomic mass is 10.00. The van der Waals surface area contributed by atoms with Crippen molar-refractivity contribution in [3.63, 3.8) is 0 Å². The third-order valence-corrected chi connectivity index (χ3v) is 5.27. The predicted octanol–water partition coefficient (Wildman–Crippen LogP) is 2.05. The molecule has 0 atom stereocenters. The fourth-order valence-electron chi connectivity index (χ4n) is 3.82. The minimum atomic E-state index is 0.272. The molecule has 0 radical (unpaired) electrons. The van der Waals surface area contributed by atoms with Crippen molar-refractivity contribution >= 4 is 23.5 Å². The number of carbonyl (C=O) groups excluding carboxylic acids is 1. The molecule has 1 fully saturated rings. The molecule has 3 heterocycles. The molecule has 27 heavy (non-hydrogen) atoms. The second kappa shape index (κ2) is 7.82. The Bertz CT molecular complexity index is 824. The van der Waals surface area contributed by atoms with Gasteiger partial charge in [0, 0.05) is 45.2 Å². The molecule has 1 saturated heterocycles. The highest BCUT2D eigenvalue weighted by Gasteiger charge is 2.20. The summed E-state index contributed by atoms with van der Waals surface area (Å²) in [5, 5.41) is 3.33. The molecule has 7 nitrogen and oxygen atoms in total. The van der Waals surface area contributed by atoms with E-state index < -0.39 is 0 Å². The number of benzene rings is 1. The number of carbonyl (C=O) groups is 1. The third-order valence-electron chi connectivity index (χ3n) is 5.27. The van der Waals surface area contributed by atoms with Gasteiger partial charge in [-0.2, -0.15) is 9.97 Å². The SMILES string of the molecule is Nc1nc(NCCCN2CCCC2=O)cc(N2CCc3ccccc3C2)n1. The van der Waals surface area contributed by atoms with Gasteiger partial charge in [-0.25, -0.2) is 0 Å². The van der Waals surface area contributed by atoms with Gasteiger partial charge in [0.05, 0.1) is 0 Å². The van der Waals surface area contributed by atoms with E-state index >= 15 is 0 Å². The number of likely N-dealkylation sites (tertiary alicyclic amines) is 1. The molecule has 4 rings (SSSR count). The molecule has 1 aromatic carbocycles. The minimum absolute atomic E-state index is 0.272. The highest BCUT2D eigenvalue weighted by Crippen LogP contribution is 2.25. The number of amides is 1. The van der Waals surface area contributed by atoms with Crippen molar-refractivity contribution in [3.8, 4) is 0 Å². The first-order valence-electron chi connectivity index (χ1n) is 9.67. The number of nitrogens with one attached hydrogen (secondary N) is 1. The second-order valence-corrected chi connectivity index (χ2v) is 7.17. The topological polar surface area (TPSA) is 87.4 Å². The Morgan fingerprint density at radius 1 is 1.11 bits per heavy atom. The fraction of sp³-hybridized carbons (Fsp3) is 0.450. The largest absolute Gasteiger partial charge is 0.370 e. The van der Waals surface area contributed by atoms with Crippen LogP contribution in [0, 0.1) is 0 Å². The van der Waals surface area contributed by atoms with Crippen molar-refractivity contribution in [2.75, 3.05) is 42.1 Å². The molecule has 2 aromatic rings. The van der Waals surface area contributed by atoms with E-state index in [4.69, 9.17) is 5.73 Å². The van der Waals surface area contributed by atoms with Crippen molar-refractivity contribution in [2.45, 2.75) is 32.2 Å². The standard InChI is InChI=1S/C20H26N6O/c21-20-23-17(22-9-4-11-25-10-3-7-19(25)27)13-18(24-20)26-12-8-15-5-1-2-6-16(15)14-26/h1-2,5-6,13H,3-4,7-12,14H2,(H3,21,22,23,24). The summed E-state index contributed by atoms with van der Waals surface area (Å²) in [5.74, 6) is 2.15. The predicted molar refractivity (Wildman–Crippen MR) is 107 cm³/mol. The Morgan fingerprint density at radius 3 is 2.78 bits per heavy atom. The quantitative estimate of drug-likeness (QED) is 0.761. The number of fused-ring (bicyclic) bond motifs is 1. The van der Waals surface area contributed by atoms with Crippen molar-refractivity contribution < 1.29 is 4.79 Å². The minimum Gasteiger partial charge on any atom is -0.370 e. The Balaban J connectivity index is 1.36. The Morgan fingerprint density at radius 2 is 1.96 bits per heavy atom. The molecule has 2 aliphatic rings. The molecule has 0 spiro atoms. The van der Waals surface area contributed by atoms with E-state index in [0.29, 0.717) is 6.42 Å². The molecule has 1 aromatic heterocycles. The van der Waals surface area contributed by atoms with Crippen LogP contribution < -0.4 is 16.0 Å². The summed E-state index contributed by atoms with van der Waals surface area (Å²) in [6.45, 7) is 4.19. The normalized spacial score (nSPS) is 16.5. The van der Waals surface area contributed by atoms with Crippen LogP contribution >= 0.6 is 0 Å². The lowest BCUT2D eigenvalue weighted by Crippen LogP contribution is -2.31. The molecule has 3 N–H and O–H groups in total. The summed E-state index contributed by atoms with van der Waals surface area (Å²) in [6, 6.07) is 10.5. The van der Waals surface area contributed by atoms with E-state index in [1.807, 2.05) is 11.0 Å². The molecule has 0 aliphatic carbocycles. The molecule has 2 aliphatic heterocycles. The summed E-state index contributed by atoms with van der Waals surface area (Å²) >= 11 is 0. The number of hydrogen-bond donors (Lipinski definition) is 2. The van der Waals surface area contributed by atoms with Gasteiger partial charge >= 0.3 is 0 Å². The zero-order valence-electron chi connectivity index (χ0n) is 15.5. The first-order valence-corrected chi connectivity index (χ1v) is 9.67. The summed E-state index contributed by atoms with van der Waals surface area (Å²) in [5.41, 5.74) is 8.69. The van der Waals surface area contributed by atoms with Gasteiger partial charge in [-0.05, 0) is 30.4 Å². The number of nitrogen functional groups attached to an aromatic ring is 1. The summed E-state index contributed by atoms with van der Waals surface area (Å²) in [6.07, 6.45) is 3.57. The van der Waals surface area contributed by atoms with Crippen LogP contribution in [0.4, 0.5) is 17.6 Å². The van der Waals surface area contributed by atoms with Gasteiger partial charge in [-0.1, -0.05) is 24.3 Å². The number of anilines is 3. The van der Waals surface area contributed by atoms with E-state index in [0.717, 1.165) is 63.6 Å². The highest BCUT2D eigenvalue weighted by molar-refractivity contribution is 5.78. The number of hydrogen-bond acceptors (Lipinski definition) is 6. The van der Waals surface area contributed by atoms with Gasteiger partial charge in [-0.15, -0.1) is 0 Å². The lowest BCUT2D eigenvalue weighted by molar-refractivity contribution is -0.127. The Labute approximate surface area is 159 Å². The monoisotopic (exact) mass is 366 g/mol. The maximum absolute atomic E-state index is 11.7. The van der Waals surface area contributed by atoms with E-state index in [9.17, 15) is 4.79 Å². The molecule has 0 unspecified atom stereocenters. The summed E-state index contributed by atoms with van der Waals surface area (Å²) in [4.78, 5) is 24.6. The van der Waals surface area contributed by atoms with Crippen LogP contribution in [0.25, 0.3) is 0 Å². The second-order valence-electron chi connectivity index (χ2n) is 7.17. The average molecular weight is 366 g/mol. The lowest BCUT2D eigenvalue weighted by Gasteiger charge is -2.30. The number of nitrogens with two attached hydrogens (primary N) is 1. The molecule has 1 amide bonds. The van der Waals surface area contributed by atoms with Crippen LogP contribution in [0.15, 0.2) is 30.3 Å². The van der Waals surface area contributed by atoms with Gasteiger partial charge < -0.3 is 20.9 Å². The first kappa shape index (κ1) is 17.6. The maximum Gasteiger partial charge on any atom is 0.223 e. The molecule has 7 heteroatoms. The highest BCUT2D eigenvalue weighted by atomic mass is 16.2. The fourth-order valence-corrected chi connectivity index (χ4v) is 3.82. The van der Waals surface area contributed by atoms with Crippen LogP contribution in [-0.2, 0) is 17.8 Å². The van der Waals surface area contributed by atoms with Crippen LogP contribution in [0.1, 0.15) is 30.4 Å².